The highest BCUT2D eigenvalue weighted by Gasteiger charge is 2.27. The van der Waals surface area contributed by atoms with E-state index in [2.05, 4.69) is 4.98 Å². The lowest BCUT2D eigenvalue weighted by Gasteiger charge is -2.09. The van der Waals surface area contributed by atoms with Crippen molar-refractivity contribution in [3.8, 4) is 11.3 Å². The predicted octanol–water partition coefficient (Wildman–Crippen LogP) is 1.46. The van der Waals surface area contributed by atoms with Crippen LogP contribution in [-0.4, -0.2) is 14.9 Å². The smallest absolute Gasteiger partial charge is 0.279 e. The van der Waals surface area contributed by atoms with Crippen LogP contribution in [0.1, 0.15) is 24.5 Å². The van der Waals surface area contributed by atoms with Gasteiger partial charge in [0.1, 0.15) is 0 Å². The minimum atomic E-state index is -0.252. The van der Waals surface area contributed by atoms with E-state index in [4.69, 9.17) is 0 Å². The molecule has 3 aliphatic rings. The monoisotopic (exact) mass is 202 g/mol. The molecule has 0 atom stereocenters. The molecule has 0 unspecified atom stereocenters. The van der Waals surface area contributed by atoms with Crippen LogP contribution >= 0.6 is 0 Å². The zero-order valence-corrected chi connectivity index (χ0v) is 8.05. The molecule has 15 heavy (non-hydrogen) atoms. The summed E-state index contributed by atoms with van der Waals surface area (Å²) < 4.78 is 0.976. The van der Waals surface area contributed by atoms with Crippen LogP contribution in [0.5, 0.6) is 0 Å². The summed E-state index contributed by atoms with van der Waals surface area (Å²) in [6.45, 7) is 0. The van der Waals surface area contributed by atoms with Crippen molar-refractivity contribution in [3.05, 3.63) is 40.4 Å². The third kappa shape index (κ3) is 1.29. The molecule has 0 aromatic carbocycles. The predicted molar refractivity (Wildman–Crippen MR) is 54.3 cm³/mol. The Bertz CT molecular complexity index is 543. The summed E-state index contributed by atoms with van der Waals surface area (Å²) in [5, 5.41) is 9.57. The topological polar surface area (TPSA) is 55.1 Å². The van der Waals surface area contributed by atoms with Gasteiger partial charge in [-0.05, 0) is 31.0 Å². The molecule has 0 aromatic heterocycles. The zero-order chi connectivity index (χ0) is 10.4. The van der Waals surface area contributed by atoms with Crippen LogP contribution < -0.4 is 5.56 Å². The van der Waals surface area contributed by atoms with E-state index in [0.29, 0.717) is 17.2 Å². The fourth-order valence-corrected chi connectivity index (χ4v) is 1.77. The van der Waals surface area contributed by atoms with Crippen molar-refractivity contribution >= 4 is 0 Å². The van der Waals surface area contributed by atoms with Gasteiger partial charge in [-0.1, -0.05) is 0 Å². The largest absolute Gasteiger partial charge is 0.428 e. The number of hydrogen-bond donors (Lipinski definition) is 1. The van der Waals surface area contributed by atoms with Crippen molar-refractivity contribution in [1.29, 1.82) is 0 Å². The highest BCUT2D eigenvalue weighted by Crippen LogP contribution is 2.39. The van der Waals surface area contributed by atoms with Crippen molar-refractivity contribution in [3.63, 3.8) is 0 Å². The van der Waals surface area contributed by atoms with Gasteiger partial charge in [0.25, 0.3) is 5.56 Å². The third-order valence-corrected chi connectivity index (χ3v) is 2.75. The molecule has 2 heterocycles. The number of aromatic nitrogens is 2. The molecule has 1 N–H and O–H groups in total. The number of fused-ring (bicyclic) bond motifs is 1. The summed E-state index contributed by atoms with van der Waals surface area (Å²) in [5.74, 6) is 0.419. The summed E-state index contributed by atoms with van der Waals surface area (Å²) in [7, 11) is 0. The van der Waals surface area contributed by atoms with Crippen molar-refractivity contribution in [2.24, 2.45) is 0 Å². The maximum Gasteiger partial charge on any atom is 0.279 e. The van der Waals surface area contributed by atoms with Gasteiger partial charge >= 0.3 is 0 Å². The van der Waals surface area contributed by atoms with E-state index in [1.807, 2.05) is 0 Å². The molecular formula is C11H10N2O2. The zero-order valence-electron chi connectivity index (χ0n) is 8.05. The summed E-state index contributed by atoms with van der Waals surface area (Å²) in [4.78, 5) is 15.7. The molecule has 1 aliphatic carbocycles. The Hall–Kier alpha value is -1.84. The fraction of sp³-hybridized carbons (Fsp3) is 0.273. The van der Waals surface area contributed by atoms with E-state index in [-0.39, 0.29) is 5.56 Å². The van der Waals surface area contributed by atoms with E-state index in [1.165, 1.54) is 6.20 Å². The molecule has 0 spiro atoms. The van der Waals surface area contributed by atoms with E-state index in [1.54, 1.807) is 18.2 Å². The molecule has 0 bridgehead atoms. The van der Waals surface area contributed by atoms with Gasteiger partial charge in [0.05, 0.1) is 11.3 Å². The molecular weight excluding hydrogens is 192 g/mol. The molecule has 1 saturated carbocycles. The van der Waals surface area contributed by atoms with Gasteiger partial charge in [0.15, 0.2) is 0 Å². The van der Waals surface area contributed by atoms with Gasteiger partial charge in [-0.15, -0.1) is 0 Å². The van der Waals surface area contributed by atoms with Gasteiger partial charge in [-0.3, -0.25) is 4.79 Å². The van der Waals surface area contributed by atoms with Gasteiger partial charge in [0, 0.05) is 17.8 Å². The maximum atomic E-state index is 11.6. The minimum Gasteiger partial charge on any atom is -0.428 e. The Balaban J connectivity index is 2.32. The lowest BCUT2D eigenvalue weighted by atomic mass is 10.1. The highest BCUT2D eigenvalue weighted by molar-refractivity contribution is 5.60. The maximum absolute atomic E-state index is 11.6. The van der Waals surface area contributed by atoms with Gasteiger partial charge in [-0.25, -0.2) is 4.98 Å². The SMILES string of the molecule is O=c1nc(C2CC2)cc2n(O)cccc1-2. The molecule has 2 aliphatic heterocycles. The van der Waals surface area contributed by atoms with Crippen molar-refractivity contribution in [1.82, 2.24) is 9.71 Å². The second kappa shape index (κ2) is 2.82. The number of pyridine rings is 2. The number of hydrogen-bond acceptors (Lipinski definition) is 3. The first-order valence-electron chi connectivity index (χ1n) is 4.97. The van der Waals surface area contributed by atoms with Crippen LogP contribution in [-0.2, 0) is 0 Å². The molecule has 4 heteroatoms. The lowest BCUT2D eigenvalue weighted by molar-refractivity contribution is 0.189. The Labute approximate surface area is 86.1 Å². The van der Waals surface area contributed by atoms with Crippen molar-refractivity contribution in [2.75, 3.05) is 0 Å². The molecule has 0 radical (unpaired) electrons. The first-order chi connectivity index (χ1) is 7.25. The average Bonchev–Trinajstić information content (AvgIpc) is 3.02. The second-order valence-corrected chi connectivity index (χ2v) is 3.91. The molecule has 4 nitrogen and oxygen atoms in total. The van der Waals surface area contributed by atoms with E-state index >= 15 is 0 Å². The van der Waals surface area contributed by atoms with E-state index in [9.17, 15) is 10.0 Å². The summed E-state index contributed by atoms with van der Waals surface area (Å²) >= 11 is 0. The quantitative estimate of drug-likeness (QED) is 0.712. The second-order valence-electron chi connectivity index (χ2n) is 3.91. The highest BCUT2D eigenvalue weighted by atomic mass is 16.5. The van der Waals surface area contributed by atoms with Gasteiger partial charge in [0.2, 0.25) is 0 Å². The van der Waals surface area contributed by atoms with Crippen molar-refractivity contribution < 1.29 is 5.21 Å². The van der Waals surface area contributed by atoms with Crippen LogP contribution in [0, 0.1) is 0 Å². The summed E-state index contributed by atoms with van der Waals surface area (Å²) in [6.07, 6.45) is 3.70. The normalized spacial score (nSPS) is 15.7. The minimum absolute atomic E-state index is 0.252. The molecule has 0 amide bonds. The molecule has 3 rings (SSSR count). The van der Waals surface area contributed by atoms with Crippen molar-refractivity contribution in [2.45, 2.75) is 18.8 Å². The average molecular weight is 202 g/mol. The van der Waals surface area contributed by atoms with Gasteiger partial charge in [-0.2, -0.15) is 4.73 Å². The fourth-order valence-electron chi connectivity index (χ4n) is 1.77. The van der Waals surface area contributed by atoms with Crippen LogP contribution in [0.4, 0.5) is 0 Å². The van der Waals surface area contributed by atoms with Gasteiger partial charge < -0.3 is 5.21 Å². The Kier molecular flexibility index (Phi) is 1.59. The van der Waals surface area contributed by atoms with Crippen LogP contribution in [0.15, 0.2) is 29.2 Å². The molecule has 0 aromatic rings. The Morgan fingerprint density at radius 2 is 2.27 bits per heavy atom. The standard InChI is InChI=1S/C11H10N2O2/c14-11-8-2-1-5-13(15)10(8)6-9(12-11)7-3-4-7/h1-2,5-7,15H,3-4H2. The summed E-state index contributed by atoms with van der Waals surface area (Å²) in [5.41, 5.74) is 1.56. The molecule has 1 fully saturated rings. The van der Waals surface area contributed by atoms with Crippen LogP contribution in [0.25, 0.3) is 11.3 Å². The Morgan fingerprint density at radius 3 is 3.00 bits per heavy atom. The number of rotatable bonds is 1. The van der Waals surface area contributed by atoms with Crippen LogP contribution in [0.3, 0.4) is 0 Å². The van der Waals surface area contributed by atoms with E-state index in [0.717, 1.165) is 23.3 Å². The Morgan fingerprint density at radius 1 is 1.47 bits per heavy atom. The number of nitrogens with zero attached hydrogens (tertiary/aromatic N) is 2. The lowest BCUT2D eigenvalue weighted by Crippen LogP contribution is -2.15. The van der Waals surface area contributed by atoms with E-state index < -0.39 is 0 Å². The molecule has 76 valence electrons. The molecule has 0 saturated heterocycles. The summed E-state index contributed by atoms with van der Waals surface area (Å²) in [6, 6.07) is 5.10. The van der Waals surface area contributed by atoms with Crippen LogP contribution in [0.2, 0.25) is 0 Å². The first-order valence-corrected chi connectivity index (χ1v) is 4.97. The first kappa shape index (κ1) is 8.47. The third-order valence-electron chi connectivity index (χ3n) is 2.75.